The lowest BCUT2D eigenvalue weighted by Crippen LogP contribution is -2.23. The van der Waals surface area contributed by atoms with E-state index < -0.39 is 0 Å². The third-order valence-corrected chi connectivity index (χ3v) is 3.98. The zero-order chi connectivity index (χ0) is 14.5. The first-order valence-corrected chi connectivity index (χ1v) is 7.19. The molecule has 0 saturated heterocycles. The van der Waals surface area contributed by atoms with Crippen LogP contribution in [0.1, 0.15) is 22.9 Å². The summed E-state index contributed by atoms with van der Waals surface area (Å²) >= 11 is 1.45. The number of aryl methyl sites for hydroxylation is 2. The molecule has 2 aromatic rings. The number of hydrogen-bond donors (Lipinski definition) is 2. The van der Waals surface area contributed by atoms with E-state index in [2.05, 4.69) is 10.1 Å². The van der Waals surface area contributed by atoms with Crippen molar-refractivity contribution in [2.45, 2.75) is 25.0 Å². The Kier molecular flexibility index (Phi) is 4.68. The van der Waals surface area contributed by atoms with E-state index in [0.717, 1.165) is 17.0 Å². The fourth-order valence-corrected chi connectivity index (χ4v) is 2.82. The molecule has 5 nitrogen and oxygen atoms in total. The van der Waals surface area contributed by atoms with Crippen LogP contribution in [0.25, 0.3) is 0 Å². The van der Waals surface area contributed by atoms with Gasteiger partial charge in [0, 0.05) is 5.75 Å². The van der Waals surface area contributed by atoms with Gasteiger partial charge in [-0.1, -0.05) is 47.2 Å². The van der Waals surface area contributed by atoms with Crippen molar-refractivity contribution in [3.63, 3.8) is 0 Å². The highest BCUT2D eigenvalue weighted by molar-refractivity contribution is 7.99. The Labute approximate surface area is 121 Å². The fourth-order valence-electron chi connectivity index (χ4n) is 1.77. The topological polar surface area (TPSA) is 84.6 Å². The minimum Gasteiger partial charge on any atom is -0.437 e. The SMILES string of the molecule is Cc1nc(SCC(/C(N)=N/O)c2ccccc2)oc1C. The lowest BCUT2D eigenvalue weighted by molar-refractivity contribution is 0.316. The molecule has 106 valence electrons. The lowest BCUT2D eigenvalue weighted by atomic mass is 10.0. The van der Waals surface area contributed by atoms with Gasteiger partial charge in [-0.25, -0.2) is 4.98 Å². The molecule has 0 aliphatic heterocycles. The van der Waals surface area contributed by atoms with Crippen molar-refractivity contribution < 1.29 is 9.62 Å². The van der Waals surface area contributed by atoms with Gasteiger partial charge in [0.25, 0.3) is 5.22 Å². The van der Waals surface area contributed by atoms with E-state index in [4.69, 9.17) is 15.4 Å². The van der Waals surface area contributed by atoms with Crippen molar-refractivity contribution in [2.24, 2.45) is 10.9 Å². The number of benzene rings is 1. The van der Waals surface area contributed by atoms with Crippen LogP contribution in [0.3, 0.4) is 0 Å². The zero-order valence-electron chi connectivity index (χ0n) is 11.4. The highest BCUT2D eigenvalue weighted by Crippen LogP contribution is 2.27. The van der Waals surface area contributed by atoms with Crippen molar-refractivity contribution in [1.29, 1.82) is 0 Å². The van der Waals surface area contributed by atoms with Crippen molar-refractivity contribution in [3.8, 4) is 0 Å². The monoisotopic (exact) mass is 291 g/mol. The van der Waals surface area contributed by atoms with E-state index >= 15 is 0 Å². The van der Waals surface area contributed by atoms with Crippen LogP contribution in [0.15, 0.2) is 45.1 Å². The van der Waals surface area contributed by atoms with E-state index in [0.29, 0.717) is 11.0 Å². The number of oxime groups is 1. The van der Waals surface area contributed by atoms with Crippen LogP contribution in [0.5, 0.6) is 0 Å². The molecule has 0 aliphatic carbocycles. The minimum atomic E-state index is -0.182. The molecule has 1 aromatic carbocycles. The third-order valence-electron chi connectivity index (χ3n) is 3.06. The molecule has 0 aliphatic rings. The molecule has 6 heteroatoms. The van der Waals surface area contributed by atoms with Gasteiger partial charge in [-0.3, -0.25) is 0 Å². The van der Waals surface area contributed by atoms with Gasteiger partial charge in [-0.05, 0) is 19.4 Å². The van der Waals surface area contributed by atoms with Gasteiger partial charge in [0.1, 0.15) is 11.6 Å². The molecule has 0 radical (unpaired) electrons. The molecule has 20 heavy (non-hydrogen) atoms. The van der Waals surface area contributed by atoms with Crippen LogP contribution >= 0.6 is 11.8 Å². The maximum atomic E-state index is 8.93. The summed E-state index contributed by atoms with van der Waals surface area (Å²) in [6.07, 6.45) is 0. The van der Waals surface area contributed by atoms with E-state index in [9.17, 15) is 0 Å². The molecule has 0 spiro atoms. The maximum Gasteiger partial charge on any atom is 0.256 e. The van der Waals surface area contributed by atoms with E-state index in [1.807, 2.05) is 44.2 Å². The van der Waals surface area contributed by atoms with E-state index in [1.165, 1.54) is 11.8 Å². The van der Waals surface area contributed by atoms with Crippen LogP contribution in [-0.2, 0) is 0 Å². The largest absolute Gasteiger partial charge is 0.437 e. The summed E-state index contributed by atoms with van der Waals surface area (Å²) in [5.74, 6) is 1.41. The number of nitrogens with zero attached hydrogens (tertiary/aromatic N) is 2. The number of aromatic nitrogens is 1. The number of rotatable bonds is 5. The van der Waals surface area contributed by atoms with Crippen molar-refractivity contribution in [1.82, 2.24) is 4.98 Å². The molecular weight excluding hydrogens is 274 g/mol. The van der Waals surface area contributed by atoms with Gasteiger partial charge in [0.05, 0.1) is 11.6 Å². The van der Waals surface area contributed by atoms with Gasteiger partial charge in [-0.15, -0.1) is 0 Å². The second-order valence-corrected chi connectivity index (χ2v) is 5.39. The van der Waals surface area contributed by atoms with Gasteiger partial charge in [0.2, 0.25) is 0 Å². The van der Waals surface area contributed by atoms with Gasteiger partial charge in [-0.2, -0.15) is 0 Å². The Balaban J connectivity index is 2.13. The molecular formula is C14H17N3O2S. The molecule has 1 aromatic heterocycles. The van der Waals surface area contributed by atoms with E-state index in [1.54, 1.807) is 0 Å². The predicted octanol–water partition coefficient (Wildman–Crippen LogP) is 2.91. The van der Waals surface area contributed by atoms with Crippen LogP contribution in [-0.4, -0.2) is 21.8 Å². The first-order valence-electron chi connectivity index (χ1n) is 6.21. The Morgan fingerprint density at radius 2 is 2.10 bits per heavy atom. The fraction of sp³-hybridized carbons (Fsp3) is 0.286. The summed E-state index contributed by atoms with van der Waals surface area (Å²) in [6.45, 7) is 3.78. The van der Waals surface area contributed by atoms with Crippen molar-refractivity contribution in [2.75, 3.05) is 5.75 Å². The molecule has 1 atom stereocenters. The van der Waals surface area contributed by atoms with Crippen LogP contribution in [0.2, 0.25) is 0 Å². The third kappa shape index (κ3) is 3.33. The summed E-state index contributed by atoms with van der Waals surface area (Å²) in [6, 6.07) is 9.69. The van der Waals surface area contributed by atoms with Crippen LogP contribution < -0.4 is 5.73 Å². The highest BCUT2D eigenvalue weighted by Gasteiger charge is 2.18. The lowest BCUT2D eigenvalue weighted by Gasteiger charge is -2.14. The Hall–Kier alpha value is -1.95. The summed E-state index contributed by atoms with van der Waals surface area (Å²) in [5.41, 5.74) is 7.66. The molecule has 1 unspecified atom stereocenters. The molecule has 0 saturated carbocycles. The smallest absolute Gasteiger partial charge is 0.256 e. The van der Waals surface area contributed by atoms with Crippen LogP contribution in [0.4, 0.5) is 0 Å². The molecule has 1 heterocycles. The van der Waals surface area contributed by atoms with Crippen molar-refractivity contribution >= 4 is 17.6 Å². The average molecular weight is 291 g/mol. The molecule has 0 fully saturated rings. The predicted molar refractivity (Wildman–Crippen MR) is 79.3 cm³/mol. The maximum absolute atomic E-state index is 8.93. The normalized spacial score (nSPS) is 13.4. The van der Waals surface area contributed by atoms with Crippen LogP contribution in [0, 0.1) is 13.8 Å². The molecule has 2 rings (SSSR count). The summed E-state index contributed by atoms with van der Waals surface area (Å²) < 4.78 is 5.52. The quantitative estimate of drug-likeness (QED) is 0.291. The average Bonchev–Trinajstić information content (AvgIpc) is 2.78. The number of nitrogens with two attached hydrogens (primary N) is 1. The first-order chi connectivity index (χ1) is 9.61. The van der Waals surface area contributed by atoms with Gasteiger partial charge < -0.3 is 15.4 Å². The Morgan fingerprint density at radius 1 is 1.40 bits per heavy atom. The second-order valence-electron chi connectivity index (χ2n) is 4.42. The van der Waals surface area contributed by atoms with Crippen molar-refractivity contribution in [3.05, 3.63) is 47.3 Å². The number of amidine groups is 1. The Morgan fingerprint density at radius 3 is 2.65 bits per heavy atom. The zero-order valence-corrected chi connectivity index (χ0v) is 12.2. The van der Waals surface area contributed by atoms with Gasteiger partial charge in [0.15, 0.2) is 0 Å². The standard InChI is InChI=1S/C14H17N3O2S/c1-9-10(2)19-14(16-9)20-8-12(13(15)17-18)11-6-4-3-5-7-11/h3-7,12,18H,8H2,1-2H3,(H2,15,17). The minimum absolute atomic E-state index is 0.182. The van der Waals surface area contributed by atoms with Gasteiger partial charge >= 0.3 is 0 Å². The summed E-state index contributed by atoms with van der Waals surface area (Å²) in [7, 11) is 0. The number of thioether (sulfide) groups is 1. The highest BCUT2D eigenvalue weighted by atomic mass is 32.2. The molecule has 0 bridgehead atoms. The summed E-state index contributed by atoms with van der Waals surface area (Å²) in [5, 5.41) is 12.7. The number of hydrogen-bond acceptors (Lipinski definition) is 5. The van der Waals surface area contributed by atoms with E-state index in [-0.39, 0.29) is 11.8 Å². The Bertz CT molecular complexity index is 576. The number of oxazole rings is 1. The second kappa shape index (κ2) is 6.47. The summed E-state index contributed by atoms with van der Waals surface area (Å²) in [4.78, 5) is 4.31. The first kappa shape index (κ1) is 14.5. The molecule has 0 amide bonds. The molecule has 3 N–H and O–H groups in total.